The molecule has 0 bridgehead atoms. The molecule has 0 aliphatic carbocycles. The first-order valence-electron chi connectivity index (χ1n) is 6.06. The van der Waals surface area contributed by atoms with Gasteiger partial charge in [0.25, 0.3) is 5.91 Å². The van der Waals surface area contributed by atoms with Gasteiger partial charge in [-0.25, -0.2) is 0 Å². The number of carbonyl (C=O) groups excluding carboxylic acids is 1. The molecule has 2 N–H and O–H groups in total. The standard InChI is InChI=1S/C14H12N4OS/c1-9-2-3-12(20-9)11-8-13(18-17-11)16-14(19)10-4-6-15-7-5-10/h2-8H,1H3,(H2,16,17,18,19). The maximum Gasteiger partial charge on any atom is 0.256 e. The highest BCUT2D eigenvalue weighted by Crippen LogP contribution is 2.27. The van der Waals surface area contributed by atoms with Crippen LogP contribution in [0.2, 0.25) is 0 Å². The minimum absolute atomic E-state index is 0.201. The Labute approximate surface area is 119 Å². The van der Waals surface area contributed by atoms with E-state index in [1.807, 2.05) is 12.1 Å². The van der Waals surface area contributed by atoms with Crippen molar-refractivity contribution in [3.63, 3.8) is 0 Å². The molecule has 0 saturated heterocycles. The molecule has 20 heavy (non-hydrogen) atoms. The van der Waals surface area contributed by atoms with Gasteiger partial charge in [-0.15, -0.1) is 11.3 Å². The van der Waals surface area contributed by atoms with Gasteiger partial charge in [0.1, 0.15) is 0 Å². The number of nitrogens with one attached hydrogen (secondary N) is 2. The highest BCUT2D eigenvalue weighted by atomic mass is 32.1. The number of rotatable bonds is 3. The molecule has 0 spiro atoms. The van der Waals surface area contributed by atoms with Crippen LogP contribution in [0.15, 0.2) is 42.7 Å². The van der Waals surface area contributed by atoms with Crippen LogP contribution in [0.5, 0.6) is 0 Å². The maximum atomic E-state index is 12.0. The lowest BCUT2D eigenvalue weighted by atomic mass is 10.2. The molecule has 0 aliphatic rings. The van der Waals surface area contributed by atoms with E-state index in [2.05, 4.69) is 33.5 Å². The van der Waals surface area contributed by atoms with Gasteiger partial charge in [0, 0.05) is 28.9 Å². The lowest BCUT2D eigenvalue weighted by Gasteiger charge is -2.00. The van der Waals surface area contributed by atoms with Gasteiger partial charge in [-0.05, 0) is 31.2 Å². The van der Waals surface area contributed by atoms with Crippen molar-refractivity contribution in [1.82, 2.24) is 15.2 Å². The number of hydrogen-bond acceptors (Lipinski definition) is 4. The van der Waals surface area contributed by atoms with Crippen LogP contribution in [0.4, 0.5) is 5.82 Å². The number of amides is 1. The van der Waals surface area contributed by atoms with Crippen molar-refractivity contribution in [2.24, 2.45) is 0 Å². The Hall–Kier alpha value is -2.47. The van der Waals surface area contributed by atoms with Crippen LogP contribution in [0.1, 0.15) is 15.2 Å². The molecule has 0 atom stereocenters. The van der Waals surface area contributed by atoms with Crippen molar-refractivity contribution < 1.29 is 4.79 Å². The second-order valence-corrected chi connectivity index (χ2v) is 5.56. The average molecular weight is 284 g/mol. The first-order valence-corrected chi connectivity index (χ1v) is 6.87. The fourth-order valence-corrected chi connectivity index (χ4v) is 2.62. The number of aryl methyl sites for hydroxylation is 1. The van der Waals surface area contributed by atoms with E-state index in [9.17, 15) is 4.79 Å². The molecule has 0 unspecified atom stereocenters. The van der Waals surface area contributed by atoms with Gasteiger partial charge < -0.3 is 5.32 Å². The normalized spacial score (nSPS) is 10.4. The van der Waals surface area contributed by atoms with E-state index in [0.717, 1.165) is 10.6 Å². The summed E-state index contributed by atoms with van der Waals surface area (Å²) in [5, 5.41) is 9.78. The summed E-state index contributed by atoms with van der Waals surface area (Å²) in [7, 11) is 0. The van der Waals surface area contributed by atoms with Crippen molar-refractivity contribution in [1.29, 1.82) is 0 Å². The summed E-state index contributed by atoms with van der Waals surface area (Å²) in [5.41, 5.74) is 1.45. The lowest BCUT2D eigenvalue weighted by Crippen LogP contribution is -2.11. The molecule has 100 valence electrons. The number of pyridine rings is 1. The number of aromatic amines is 1. The summed E-state index contributed by atoms with van der Waals surface area (Å²) >= 11 is 1.68. The van der Waals surface area contributed by atoms with E-state index in [1.165, 1.54) is 4.88 Å². The minimum Gasteiger partial charge on any atom is -0.305 e. The highest BCUT2D eigenvalue weighted by molar-refractivity contribution is 7.15. The van der Waals surface area contributed by atoms with Crippen molar-refractivity contribution in [2.45, 2.75) is 6.92 Å². The van der Waals surface area contributed by atoms with Gasteiger partial charge in [-0.1, -0.05) is 0 Å². The average Bonchev–Trinajstić information content (AvgIpc) is 3.09. The molecule has 5 nitrogen and oxygen atoms in total. The molecule has 0 aliphatic heterocycles. The molecule has 6 heteroatoms. The van der Waals surface area contributed by atoms with Gasteiger partial charge in [0.2, 0.25) is 0 Å². The summed E-state index contributed by atoms with van der Waals surface area (Å²) in [6, 6.07) is 9.22. The number of hydrogen-bond donors (Lipinski definition) is 2. The van der Waals surface area contributed by atoms with Crippen LogP contribution >= 0.6 is 11.3 Å². The predicted molar refractivity (Wildman–Crippen MR) is 78.8 cm³/mol. The quantitative estimate of drug-likeness (QED) is 0.776. The van der Waals surface area contributed by atoms with Gasteiger partial charge in [-0.2, -0.15) is 5.10 Å². The van der Waals surface area contributed by atoms with E-state index in [-0.39, 0.29) is 5.91 Å². The van der Waals surface area contributed by atoms with E-state index in [0.29, 0.717) is 11.4 Å². The molecule has 0 aromatic carbocycles. The smallest absolute Gasteiger partial charge is 0.256 e. The third-order valence-electron chi connectivity index (χ3n) is 2.77. The number of aromatic nitrogens is 3. The second-order valence-electron chi connectivity index (χ2n) is 4.27. The largest absolute Gasteiger partial charge is 0.305 e. The maximum absolute atomic E-state index is 12.0. The van der Waals surface area contributed by atoms with Gasteiger partial charge in [0.05, 0.1) is 10.6 Å². The van der Waals surface area contributed by atoms with Gasteiger partial charge in [-0.3, -0.25) is 14.9 Å². The Morgan fingerprint density at radius 1 is 1.25 bits per heavy atom. The van der Waals surface area contributed by atoms with Crippen LogP contribution in [-0.2, 0) is 0 Å². The fourth-order valence-electron chi connectivity index (χ4n) is 1.78. The Kier molecular flexibility index (Phi) is 3.30. The number of thiophene rings is 1. The van der Waals surface area contributed by atoms with Gasteiger partial charge in [0.15, 0.2) is 5.82 Å². The van der Waals surface area contributed by atoms with Crippen LogP contribution < -0.4 is 5.32 Å². The van der Waals surface area contributed by atoms with E-state index < -0.39 is 0 Å². The van der Waals surface area contributed by atoms with E-state index in [4.69, 9.17) is 0 Å². The predicted octanol–water partition coefficient (Wildman–Crippen LogP) is 3.09. The Morgan fingerprint density at radius 3 is 2.75 bits per heavy atom. The molecule has 3 rings (SSSR count). The van der Waals surface area contributed by atoms with E-state index in [1.54, 1.807) is 35.9 Å². The Balaban J connectivity index is 1.76. The number of H-pyrrole nitrogens is 1. The molecule has 1 amide bonds. The monoisotopic (exact) mass is 284 g/mol. The highest BCUT2D eigenvalue weighted by Gasteiger charge is 2.09. The Morgan fingerprint density at radius 2 is 2.05 bits per heavy atom. The summed E-state index contributed by atoms with van der Waals surface area (Å²) in [5.74, 6) is 0.306. The summed E-state index contributed by atoms with van der Waals surface area (Å²) in [4.78, 5) is 18.2. The molecule has 3 heterocycles. The number of nitrogens with zero attached hydrogens (tertiary/aromatic N) is 2. The molecule has 0 saturated carbocycles. The second kappa shape index (κ2) is 5.26. The van der Waals surface area contributed by atoms with Gasteiger partial charge >= 0.3 is 0 Å². The van der Waals surface area contributed by atoms with Crippen molar-refractivity contribution in [2.75, 3.05) is 5.32 Å². The molecular formula is C14H12N4OS. The number of carbonyl (C=O) groups is 1. The first kappa shape index (κ1) is 12.6. The van der Waals surface area contributed by atoms with Crippen molar-refractivity contribution >= 4 is 23.1 Å². The zero-order chi connectivity index (χ0) is 13.9. The van der Waals surface area contributed by atoms with Crippen LogP contribution in [0.3, 0.4) is 0 Å². The summed E-state index contributed by atoms with van der Waals surface area (Å²) < 4.78 is 0. The topological polar surface area (TPSA) is 70.7 Å². The molecule has 0 radical (unpaired) electrons. The molecular weight excluding hydrogens is 272 g/mol. The molecule has 3 aromatic rings. The SMILES string of the molecule is Cc1ccc(-c2cc(NC(=O)c3ccncc3)n[nH]2)s1. The zero-order valence-corrected chi connectivity index (χ0v) is 11.6. The van der Waals surface area contributed by atoms with Crippen LogP contribution in [-0.4, -0.2) is 21.1 Å². The lowest BCUT2D eigenvalue weighted by molar-refractivity contribution is 0.102. The van der Waals surface area contributed by atoms with Crippen molar-refractivity contribution in [3.05, 3.63) is 53.2 Å². The number of anilines is 1. The summed E-state index contributed by atoms with van der Waals surface area (Å²) in [6.07, 6.45) is 3.17. The molecule has 3 aromatic heterocycles. The van der Waals surface area contributed by atoms with Crippen molar-refractivity contribution in [3.8, 4) is 10.6 Å². The minimum atomic E-state index is -0.201. The van der Waals surface area contributed by atoms with Crippen LogP contribution in [0, 0.1) is 6.92 Å². The first-order chi connectivity index (χ1) is 9.72. The Bertz CT molecular complexity index is 732. The zero-order valence-electron chi connectivity index (χ0n) is 10.8. The van der Waals surface area contributed by atoms with Crippen LogP contribution in [0.25, 0.3) is 10.6 Å². The third kappa shape index (κ3) is 2.60. The third-order valence-corrected chi connectivity index (χ3v) is 3.80. The summed E-state index contributed by atoms with van der Waals surface area (Å²) in [6.45, 7) is 2.05. The molecule has 0 fully saturated rings. The van der Waals surface area contributed by atoms with E-state index >= 15 is 0 Å². The fraction of sp³-hybridized carbons (Fsp3) is 0.0714.